The van der Waals surface area contributed by atoms with Gasteiger partial charge in [-0.05, 0) is 56.7 Å². The number of amides is 1. The molecular formula is C22H31N3O2S. The van der Waals surface area contributed by atoms with Crippen molar-refractivity contribution < 1.29 is 9.53 Å². The van der Waals surface area contributed by atoms with E-state index in [2.05, 4.69) is 23.2 Å². The Kier molecular flexibility index (Phi) is 6.04. The molecule has 28 heavy (non-hydrogen) atoms. The maximum absolute atomic E-state index is 12.9. The van der Waals surface area contributed by atoms with Crippen molar-refractivity contribution in [1.82, 2.24) is 10.3 Å². The number of carbonyl (C=O) groups excluding carboxylic acids is 1. The zero-order chi connectivity index (χ0) is 19.5. The lowest BCUT2D eigenvalue weighted by Crippen LogP contribution is -2.48. The number of nitrogens with zero attached hydrogens (tertiary/aromatic N) is 2. The van der Waals surface area contributed by atoms with Gasteiger partial charge in [0, 0.05) is 19.1 Å². The second-order valence-corrected chi connectivity index (χ2v) is 9.23. The van der Waals surface area contributed by atoms with Gasteiger partial charge in [0.1, 0.15) is 5.75 Å². The van der Waals surface area contributed by atoms with E-state index in [9.17, 15) is 4.79 Å². The summed E-state index contributed by atoms with van der Waals surface area (Å²) in [5, 5.41) is 4.38. The molecule has 1 saturated carbocycles. The first kappa shape index (κ1) is 19.5. The molecule has 1 aromatic heterocycles. The zero-order valence-electron chi connectivity index (χ0n) is 16.9. The maximum Gasteiger partial charge on any atom is 0.225 e. The molecule has 1 N–H and O–H groups in total. The van der Waals surface area contributed by atoms with Crippen molar-refractivity contribution in [3.05, 3.63) is 18.2 Å². The molecule has 0 unspecified atom stereocenters. The summed E-state index contributed by atoms with van der Waals surface area (Å²) < 4.78 is 6.75. The van der Waals surface area contributed by atoms with Crippen LogP contribution in [0.3, 0.4) is 0 Å². The standard InChI is InChI=1S/C22H31N3O2S/c1-3-27-17-10-11-19-20(13-17)28-22(24-19)25-12-6-8-16(14-25)21(26)23-18-9-5-4-7-15(18)2/h10-11,13,15-16,18H,3-9,12,14H2,1-2H3,(H,23,26)/t15-,16-,18-/m0/s1. The molecule has 2 aromatic rings. The molecule has 2 aliphatic rings. The fourth-order valence-electron chi connectivity index (χ4n) is 4.48. The highest BCUT2D eigenvalue weighted by molar-refractivity contribution is 7.22. The van der Waals surface area contributed by atoms with Gasteiger partial charge in [0.25, 0.3) is 0 Å². The van der Waals surface area contributed by atoms with Crippen molar-refractivity contribution in [2.45, 2.75) is 58.4 Å². The summed E-state index contributed by atoms with van der Waals surface area (Å²) in [6.07, 6.45) is 6.91. The van der Waals surface area contributed by atoms with Crippen molar-refractivity contribution in [3.8, 4) is 5.75 Å². The van der Waals surface area contributed by atoms with Crippen molar-refractivity contribution in [2.24, 2.45) is 11.8 Å². The molecule has 0 bridgehead atoms. The first-order valence-electron chi connectivity index (χ1n) is 10.7. The number of anilines is 1. The average Bonchev–Trinajstić information content (AvgIpc) is 3.13. The van der Waals surface area contributed by atoms with Crippen LogP contribution in [0.2, 0.25) is 0 Å². The molecule has 3 atom stereocenters. The Hall–Kier alpha value is -1.82. The van der Waals surface area contributed by atoms with E-state index in [4.69, 9.17) is 9.72 Å². The molecular weight excluding hydrogens is 370 g/mol. The molecule has 6 heteroatoms. The largest absolute Gasteiger partial charge is 0.494 e. The molecule has 1 aromatic carbocycles. The Balaban J connectivity index is 1.43. The molecule has 2 heterocycles. The van der Waals surface area contributed by atoms with Gasteiger partial charge in [0.05, 0.1) is 22.7 Å². The summed E-state index contributed by atoms with van der Waals surface area (Å²) >= 11 is 1.70. The number of hydrogen-bond donors (Lipinski definition) is 1. The molecule has 2 fully saturated rings. The predicted molar refractivity (Wildman–Crippen MR) is 115 cm³/mol. The van der Waals surface area contributed by atoms with E-state index < -0.39 is 0 Å². The van der Waals surface area contributed by atoms with E-state index in [0.717, 1.165) is 53.4 Å². The summed E-state index contributed by atoms with van der Waals surface area (Å²) in [4.78, 5) is 20.0. The number of aromatic nitrogens is 1. The molecule has 1 aliphatic carbocycles. The van der Waals surface area contributed by atoms with E-state index >= 15 is 0 Å². The number of rotatable bonds is 5. The number of nitrogens with one attached hydrogen (secondary N) is 1. The van der Waals surface area contributed by atoms with Crippen LogP contribution in [0.4, 0.5) is 5.13 Å². The zero-order valence-corrected chi connectivity index (χ0v) is 17.8. The Labute approximate surface area is 171 Å². The van der Waals surface area contributed by atoms with Crippen LogP contribution in [-0.2, 0) is 4.79 Å². The van der Waals surface area contributed by atoms with Crippen molar-refractivity contribution in [2.75, 3.05) is 24.6 Å². The van der Waals surface area contributed by atoms with Crippen LogP contribution in [0.25, 0.3) is 10.2 Å². The van der Waals surface area contributed by atoms with E-state index in [-0.39, 0.29) is 11.8 Å². The topological polar surface area (TPSA) is 54.5 Å². The quantitative estimate of drug-likeness (QED) is 0.795. The van der Waals surface area contributed by atoms with E-state index in [0.29, 0.717) is 18.6 Å². The van der Waals surface area contributed by atoms with Crippen LogP contribution in [-0.4, -0.2) is 36.6 Å². The van der Waals surface area contributed by atoms with Gasteiger partial charge in [0.2, 0.25) is 5.91 Å². The second-order valence-electron chi connectivity index (χ2n) is 8.22. The molecule has 1 saturated heterocycles. The lowest BCUT2D eigenvalue weighted by molar-refractivity contribution is -0.126. The molecule has 0 radical (unpaired) electrons. The minimum Gasteiger partial charge on any atom is -0.494 e. The van der Waals surface area contributed by atoms with Gasteiger partial charge >= 0.3 is 0 Å². The third kappa shape index (κ3) is 4.27. The third-order valence-electron chi connectivity index (χ3n) is 6.16. The number of benzene rings is 1. The van der Waals surface area contributed by atoms with Crippen molar-refractivity contribution in [3.63, 3.8) is 0 Å². The third-order valence-corrected chi connectivity index (χ3v) is 7.24. The normalized spacial score (nSPS) is 25.6. The Morgan fingerprint density at radius 2 is 2.14 bits per heavy atom. The summed E-state index contributed by atoms with van der Waals surface area (Å²) in [5.41, 5.74) is 1.01. The van der Waals surface area contributed by atoms with Crippen molar-refractivity contribution >= 4 is 32.6 Å². The van der Waals surface area contributed by atoms with Gasteiger partial charge in [-0.1, -0.05) is 31.1 Å². The highest BCUT2D eigenvalue weighted by Gasteiger charge is 2.30. The number of fused-ring (bicyclic) bond motifs is 1. The van der Waals surface area contributed by atoms with Crippen molar-refractivity contribution in [1.29, 1.82) is 0 Å². The summed E-state index contributed by atoms with van der Waals surface area (Å²) in [6, 6.07) is 6.43. The number of carbonyl (C=O) groups is 1. The lowest BCUT2D eigenvalue weighted by atomic mass is 9.85. The lowest BCUT2D eigenvalue weighted by Gasteiger charge is -2.35. The first-order valence-corrected chi connectivity index (χ1v) is 11.5. The van der Waals surface area contributed by atoms with Crippen LogP contribution in [0.1, 0.15) is 52.4 Å². The number of hydrogen-bond acceptors (Lipinski definition) is 5. The SMILES string of the molecule is CCOc1ccc2nc(N3CCC[C@H](C(=O)N[C@H]4CCCC[C@@H]4C)C3)sc2c1. The number of piperidine rings is 1. The minimum atomic E-state index is 0.0638. The van der Waals surface area contributed by atoms with Crippen LogP contribution >= 0.6 is 11.3 Å². The van der Waals surface area contributed by atoms with Gasteiger partial charge in [-0.25, -0.2) is 4.98 Å². The molecule has 152 valence electrons. The van der Waals surface area contributed by atoms with Gasteiger partial charge in [0.15, 0.2) is 5.13 Å². The first-order chi connectivity index (χ1) is 13.6. The van der Waals surface area contributed by atoms with E-state index in [1.54, 1.807) is 11.3 Å². The predicted octanol–water partition coefficient (Wildman–Crippen LogP) is 4.61. The van der Waals surface area contributed by atoms with Gasteiger partial charge in [-0.15, -0.1) is 0 Å². The molecule has 4 rings (SSSR count). The molecule has 1 amide bonds. The van der Waals surface area contributed by atoms with E-state index in [1.807, 2.05) is 19.1 Å². The Morgan fingerprint density at radius 3 is 2.96 bits per heavy atom. The Bertz CT molecular complexity index is 821. The average molecular weight is 402 g/mol. The molecule has 5 nitrogen and oxygen atoms in total. The second kappa shape index (κ2) is 8.68. The van der Waals surface area contributed by atoms with Gasteiger partial charge in [-0.2, -0.15) is 0 Å². The van der Waals surface area contributed by atoms with Crippen LogP contribution in [0.15, 0.2) is 18.2 Å². The van der Waals surface area contributed by atoms with Crippen LogP contribution in [0.5, 0.6) is 5.75 Å². The number of thiazole rings is 1. The minimum absolute atomic E-state index is 0.0638. The number of ether oxygens (including phenoxy) is 1. The van der Waals surface area contributed by atoms with Crippen LogP contribution in [0, 0.1) is 11.8 Å². The molecule has 1 aliphatic heterocycles. The van der Waals surface area contributed by atoms with E-state index in [1.165, 1.54) is 19.3 Å². The molecule has 0 spiro atoms. The van der Waals surface area contributed by atoms with Gasteiger partial charge < -0.3 is 15.0 Å². The summed E-state index contributed by atoms with van der Waals surface area (Å²) in [7, 11) is 0. The fraction of sp³-hybridized carbons (Fsp3) is 0.636. The highest BCUT2D eigenvalue weighted by atomic mass is 32.1. The Morgan fingerprint density at radius 1 is 1.29 bits per heavy atom. The van der Waals surface area contributed by atoms with Crippen LogP contribution < -0.4 is 15.0 Å². The summed E-state index contributed by atoms with van der Waals surface area (Å²) in [6.45, 7) is 6.68. The summed E-state index contributed by atoms with van der Waals surface area (Å²) in [5.74, 6) is 1.79. The monoisotopic (exact) mass is 401 g/mol. The smallest absolute Gasteiger partial charge is 0.225 e. The fourth-order valence-corrected chi connectivity index (χ4v) is 5.51. The van der Waals surface area contributed by atoms with Gasteiger partial charge in [-0.3, -0.25) is 4.79 Å². The maximum atomic E-state index is 12.9. The highest BCUT2D eigenvalue weighted by Crippen LogP contribution is 2.34.